The molecule has 1 unspecified atom stereocenters. The molecule has 0 radical (unpaired) electrons. The first-order chi connectivity index (χ1) is 16.8. The van der Waals surface area contributed by atoms with Crippen molar-refractivity contribution in [1.29, 1.82) is 0 Å². The number of ether oxygens (including phenoxy) is 2. The maximum Gasteiger partial charge on any atom is 0.273 e. The Morgan fingerprint density at radius 1 is 1.26 bits per heavy atom. The number of carbonyl (C=O) groups is 1. The summed E-state index contributed by atoms with van der Waals surface area (Å²) < 4.78 is 38.1. The molecule has 8 nitrogen and oxygen atoms in total. The van der Waals surface area contributed by atoms with E-state index < -0.39 is 26.6 Å². The fourth-order valence-electron chi connectivity index (χ4n) is 3.79. The third kappa shape index (κ3) is 5.63. The van der Waals surface area contributed by atoms with Gasteiger partial charge in [-0.3, -0.25) is 9.10 Å². The average molecular weight is 517 g/mol. The van der Waals surface area contributed by atoms with E-state index in [-0.39, 0.29) is 30.7 Å². The van der Waals surface area contributed by atoms with Crippen LogP contribution in [0.3, 0.4) is 0 Å². The third-order valence-corrected chi connectivity index (χ3v) is 7.77. The molecule has 0 bridgehead atoms. The molecule has 1 atom stereocenters. The molecule has 184 valence electrons. The highest BCUT2D eigenvalue weighted by Crippen LogP contribution is 2.37. The van der Waals surface area contributed by atoms with Crippen molar-refractivity contribution in [2.75, 3.05) is 24.6 Å². The lowest BCUT2D eigenvalue weighted by molar-refractivity contribution is -0.154. The topological polar surface area (TPSA) is 105 Å². The van der Waals surface area contributed by atoms with E-state index in [1.54, 1.807) is 42.5 Å². The number of rotatable bonds is 5. The molecule has 0 saturated carbocycles. The van der Waals surface area contributed by atoms with Crippen molar-refractivity contribution < 1.29 is 27.8 Å². The number of hydrogen-bond acceptors (Lipinski definition) is 6. The molecular weight excluding hydrogens is 492 g/mol. The lowest BCUT2D eigenvalue weighted by atomic mass is 10.1. The molecular formula is C25H25ClN2O6S. The molecule has 0 aromatic heterocycles. The fraction of sp³-hybridized carbons (Fsp3) is 0.320. The third-order valence-electron chi connectivity index (χ3n) is 5.71. The van der Waals surface area contributed by atoms with Gasteiger partial charge in [0, 0.05) is 36.3 Å². The van der Waals surface area contributed by atoms with Crippen LogP contribution < -0.4 is 9.62 Å². The van der Waals surface area contributed by atoms with Crippen LogP contribution in [0.2, 0.25) is 5.02 Å². The predicted molar refractivity (Wildman–Crippen MR) is 133 cm³/mol. The lowest BCUT2D eigenvalue weighted by Gasteiger charge is -2.28. The molecule has 2 aromatic carbocycles. The van der Waals surface area contributed by atoms with Crippen molar-refractivity contribution >= 4 is 39.0 Å². The Balaban J connectivity index is 1.54. The Bertz CT molecular complexity index is 1310. The number of aliphatic hydroxyl groups is 1. The molecule has 1 saturated heterocycles. The summed E-state index contributed by atoms with van der Waals surface area (Å²) in [5.74, 6) is 4.31. The normalized spacial score (nSPS) is 18.9. The minimum Gasteiger partial charge on any atom is -0.506 e. The summed E-state index contributed by atoms with van der Waals surface area (Å²) in [6.45, 7) is 0.922. The average Bonchev–Trinajstić information content (AvgIpc) is 2.85. The Morgan fingerprint density at radius 2 is 2.03 bits per heavy atom. The van der Waals surface area contributed by atoms with E-state index in [1.165, 1.54) is 7.05 Å². The summed E-state index contributed by atoms with van der Waals surface area (Å²) in [5.41, 5.74) is 1.71. The van der Waals surface area contributed by atoms with Crippen molar-refractivity contribution in [1.82, 2.24) is 5.32 Å². The number of anilines is 1. The standard InChI is InChI=1S/C25H25ClN2O6S/c1-28-21-12-9-17(5-4-14-34-22-6-2-3-13-33-22)15-20(21)23(29)24(35(28,31)32)25(30)27-16-18-7-10-19(26)11-8-18/h7-12,15,22,29H,2-3,6,13-14,16H2,1H3,(H,27,30). The van der Waals surface area contributed by atoms with Gasteiger partial charge in [-0.25, -0.2) is 8.42 Å². The molecule has 2 heterocycles. The number of fused-ring (bicyclic) bond motifs is 1. The summed E-state index contributed by atoms with van der Waals surface area (Å²) in [4.78, 5) is 12.1. The number of nitrogens with one attached hydrogen (secondary N) is 1. The van der Waals surface area contributed by atoms with Gasteiger partial charge in [-0.15, -0.1) is 0 Å². The van der Waals surface area contributed by atoms with Gasteiger partial charge in [0.15, 0.2) is 17.0 Å². The molecule has 0 spiro atoms. The number of sulfonamides is 1. The number of nitrogens with zero attached hydrogens (tertiary/aromatic N) is 1. The van der Waals surface area contributed by atoms with Crippen LogP contribution in [0, 0.1) is 11.8 Å². The first-order valence-corrected chi connectivity index (χ1v) is 12.9. The van der Waals surface area contributed by atoms with Crippen LogP contribution in [0.25, 0.3) is 5.76 Å². The number of carbonyl (C=O) groups excluding carboxylic acids is 1. The van der Waals surface area contributed by atoms with Gasteiger partial charge in [0.1, 0.15) is 6.61 Å². The quantitative estimate of drug-likeness (QED) is 0.589. The molecule has 10 heteroatoms. The number of hydrogen-bond donors (Lipinski definition) is 2. The van der Waals surface area contributed by atoms with Gasteiger partial charge in [-0.1, -0.05) is 35.6 Å². The van der Waals surface area contributed by atoms with E-state index in [1.807, 2.05) is 0 Å². The van der Waals surface area contributed by atoms with Crippen molar-refractivity contribution in [3.8, 4) is 11.8 Å². The Hall–Kier alpha value is -3.03. The van der Waals surface area contributed by atoms with Gasteiger partial charge in [-0.2, -0.15) is 0 Å². The molecule has 4 rings (SSSR count). The Labute approximate surface area is 209 Å². The Morgan fingerprint density at radius 3 is 2.74 bits per heavy atom. The highest BCUT2D eigenvalue weighted by molar-refractivity contribution is 7.97. The van der Waals surface area contributed by atoms with E-state index in [9.17, 15) is 18.3 Å². The maximum atomic E-state index is 13.0. The maximum absolute atomic E-state index is 13.0. The predicted octanol–water partition coefficient (Wildman–Crippen LogP) is 3.56. The second kappa shape index (κ2) is 10.7. The van der Waals surface area contributed by atoms with E-state index in [0.717, 1.165) is 29.1 Å². The van der Waals surface area contributed by atoms with E-state index >= 15 is 0 Å². The summed E-state index contributed by atoms with van der Waals surface area (Å²) >= 11 is 5.87. The van der Waals surface area contributed by atoms with Gasteiger partial charge >= 0.3 is 0 Å². The van der Waals surface area contributed by atoms with Crippen molar-refractivity contribution in [2.24, 2.45) is 0 Å². The second-order valence-corrected chi connectivity index (χ2v) is 10.4. The van der Waals surface area contributed by atoms with E-state index in [2.05, 4.69) is 17.2 Å². The molecule has 2 N–H and O–H groups in total. The van der Waals surface area contributed by atoms with Gasteiger partial charge in [0.05, 0.1) is 5.69 Å². The minimum atomic E-state index is -4.26. The smallest absolute Gasteiger partial charge is 0.273 e. The first kappa shape index (κ1) is 25.1. The molecule has 1 amide bonds. The Kier molecular flexibility index (Phi) is 7.67. The number of benzene rings is 2. The van der Waals surface area contributed by atoms with Crippen LogP contribution >= 0.6 is 11.6 Å². The zero-order valence-corrected chi connectivity index (χ0v) is 20.7. The van der Waals surface area contributed by atoms with Crippen LogP contribution in [-0.4, -0.2) is 46.0 Å². The van der Waals surface area contributed by atoms with Crippen molar-refractivity contribution in [2.45, 2.75) is 32.1 Å². The monoisotopic (exact) mass is 516 g/mol. The second-order valence-electron chi connectivity index (χ2n) is 8.10. The summed E-state index contributed by atoms with van der Waals surface area (Å²) in [6, 6.07) is 11.5. The van der Waals surface area contributed by atoms with Crippen molar-refractivity contribution in [3.05, 3.63) is 69.1 Å². The largest absolute Gasteiger partial charge is 0.506 e. The van der Waals surface area contributed by atoms with Crippen molar-refractivity contribution in [3.63, 3.8) is 0 Å². The molecule has 35 heavy (non-hydrogen) atoms. The van der Waals surface area contributed by atoms with E-state index in [4.69, 9.17) is 21.1 Å². The highest BCUT2D eigenvalue weighted by atomic mass is 35.5. The molecule has 1 fully saturated rings. The zero-order chi connectivity index (χ0) is 25.0. The minimum absolute atomic E-state index is 0.0646. The zero-order valence-electron chi connectivity index (χ0n) is 19.1. The first-order valence-electron chi connectivity index (χ1n) is 11.1. The number of halogens is 1. The molecule has 2 aliphatic rings. The number of amides is 1. The molecule has 2 aliphatic heterocycles. The van der Waals surface area contributed by atoms with Gasteiger partial charge in [-0.05, 0) is 55.2 Å². The summed E-state index contributed by atoms with van der Waals surface area (Å²) in [7, 11) is -2.93. The van der Waals surface area contributed by atoms with Crippen LogP contribution in [0.4, 0.5) is 5.69 Å². The van der Waals surface area contributed by atoms with Crippen LogP contribution in [0.5, 0.6) is 0 Å². The molecule has 0 aliphatic carbocycles. The van der Waals surface area contributed by atoms with Gasteiger partial charge in [0.2, 0.25) is 0 Å². The number of aliphatic hydroxyl groups excluding tert-OH is 1. The SMILES string of the molecule is CN1c2ccc(C#CCOC3CCCCO3)cc2C(O)=C(C(=O)NCc2ccc(Cl)cc2)S1(=O)=O. The van der Waals surface area contributed by atoms with E-state index in [0.29, 0.717) is 17.2 Å². The van der Waals surface area contributed by atoms with Crippen LogP contribution in [-0.2, 0) is 30.8 Å². The van der Waals surface area contributed by atoms with Crippen LogP contribution in [0.1, 0.15) is 36.0 Å². The highest BCUT2D eigenvalue weighted by Gasteiger charge is 2.39. The summed E-state index contributed by atoms with van der Waals surface area (Å²) in [5, 5.41) is 13.9. The summed E-state index contributed by atoms with van der Waals surface area (Å²) in [6.07, 6.45) is 2.67. The van der Waals surface area contributed by atoms with Gasteiger partial charge in [0.25, 0.3) is 15.9 Å². The molecule has 2 aromatic rings. The fourth-order valence-corrected chi connectivity index (χ4v) is 5.27. The van der Waals surface area contributed by atoms with Crippen LogP contribution in [0.15, 0.2) is 47.4 Å². The lowest BCUT2D eigenvalue weighted by Crippen LogP contribution is -2.39. The van der Waals surface area contributed by atoms with Gasteiger partial charge < -0.3 is 19.9 Å².